The number of ether oxygens (including phenoxy) is 5. The lowest BCUT2D eigenvalue weighted by Gasteiger charge is -2.43. The summed E-state index contributed by atoms with van der Waals surface area (Å²) in [5.74, 6) is -2.03. The van der Waals surface area contributed by atoms with E-state index in [9.17, 15) is 14.4 Å². The van der Waals surface area contributed by atoms with Crippen molar-refractivity contribution in [2.75, 3.05) is 13.7 Å². The van der Waals surface area contributed by atoms with Crippen molar-refractivity contribution in [3.8, 4) is 0 Å². The Kier molecular flexibility index (Phi) is 7.43. The number of hydrogen-bond donors (Lipinski definition) is 0. The minimum Gasteiger partial charge on any atom is -0.456 e. The number of azide groups is 1. The first-order valence-corrected chi connectivity index (χ1v) is 7.01. The van der Waals surface area contributed by atoms with Crippen LogP contribution in [0.3, 0.4) is 0 Å². The van der Waals surface area contributed by atoms with E-state index in [2.05, 4.69) is 10.0 Å². The number of carbonyl (C=O) groups is 3. The first-order chi connectivity index (χ1) is 11.3. The zero-order valence-electron chi connectivity index (χ0n) is 13.7. The molecule has 0 saturated carbocycles. The number of nitrogens with zero attached hydrogens (tertiary/aromatic N) is 3. The van der Waals surface area contributed by atoms with Crippen molar-refractivity contribution in [2.45, 2.75) is 51.5 Å². The molecule has 134 valence electrons. The molecule has 0 N–H and O–H groups in total. The van der Waals surface area contributed by atoms with Gasteiger partial charge in [-0.3, -0.25) is 14.4 Å². The smallest absolute Gasteiger partial charge is 0.303 e. The fraction of sp³-hybridized carbons (Fsp3) is 0.769. The first-order valence-electron chi connectivity index (χ1n) is 7.01. The van der Waals surface area contributed by atoms with Crippen LogP contribution in [0.5, 0.6) is 0 Å². The Balaban J connectivity index is 3.22. The van der Waals surface area contributed by atoms with Crippen LogP contribution >= 0.6 is 0 Å². The zero-order chi connectivity index (χ0) is 18.3. The number of rotatable bonds is 6. The van der Waals surface area contributed by atoms with Gasteiger partial charge in [-0.1, -0.05) is 5.11 Å². The van der Waals surface area contributed by atoms with Crippen molar-refractivity contribution in [3.05, 3.63) is 10.4 Å². The zero-order valence-corrected chi connectivity index (χ0v) is 13.7. The third-order valence-corrected chi connectivity index (χ3v) is 3.05. The predicted octanol–water partition coefficient (Wildman–Crippen LogP) is 0.463. The lowest BCUT2D eigenvalue weighted by molar-refractivity contribution is -0.296. The summed E-state index contributed by atoms with van der Waals surface area (Å²) in [6.07, 6.45) is -5.56. The van der Waals surface area contributed by atoms with E-state index in [0.717, 1.165) is 20.8 Å². The van der Waals surface area contributed by atoms with Crippen molar-refractivity contribution >= 4 is 17.9 Å². The Hall–Kier alpha value is -2.36. The van der Waals surface area contributed by atoms with E-state index in [4.69, 9.17) is 29.2 Å². The summed E-state index contributed by atoms with van der Waals surface area (Å²) >= 11 is 0. The molecule has 0 radical (unpaired) electrons. The van der Waals surface area contributed by atoms with Crippen molar-refractivity contribution in [3.63, 3.8) is 0 Å². The SMILES string of the molecule is CO[C@H]1O[C@H](CN=[N+]=[N-])[C@@H](OC(C)=O)[C@H](OC(C)=O)[C@@H]1OC(C)=O. The molecule has 24 heavy (non-hydrogen) atoms. The molecule has 0 amide bonds. The monoisotopic (exact) mass is 345 g/mol. The molecule has 11 heteroatoms. The molecule has 1 aliphatic rings. The van der Waals surface area contributed by atoms with Gasteiger partial charge in [-0.15, -0.1) is 0 Å². The van der Waals surface area contributed by atoms with Gasteiger partial charge >= 0.3 is 17.9 Å². The topological polar surface area (TPSA) is 146 Å². The second-order valence-corrected chi connectivity index (χ2v) is 4.91. The molecule has 1 fully saturated rings. The van der Waals surface area contributed by atoms with Crippen LogP contribution in [0.2, 0.25) is 0 Å². The van der Waals surface area contributed by atoms with Crippen molar-refractivity contribution in [1.29, 1.82) is 0 Å². The molecular weight excluding hydrogens is 326 g/mol. The molecule has 0 spiro atoms. The number of methoxy groups -OCH3 is 1. The normalized spacial score (nSPS) is 29.1. The second-order valence-electron chi connectivity index (χ2n) is 4.91. The maximum atomic E-state index is 11.4. The van der Waals surface area contributed by atoms with Crippen molar-refractivity contribution < 1.29 is 38.1 Å². The highest BCUT2D eigenvalue weighted by Gasteiger charge is 2.51. The quantitative estimate of drug-likeness (QED) is 0.222. The minimum absolute atomic E-state index is 0.209. The molecule has 0 aromatic carbocycles. The van der Waals surface area contributed by atoms with Gasteiger partial charge in [0.15, 0.2) is 24.6 Å². The van der Waals surface area contributed by atoms with E-state index < -0.39 is 48.6 Å². The van der Waals surface area contributed by atoms with Crippen LogP contribution in [-0.4, -0.2) is 62.3 Å². The van der Waals surface area contributed by atoms with E-state index in [0.29, 0.717) is 0 Å². The largest absolute Gasteiger partial charge is 0.456 e. The Morgan fingerprint density at radius 2 is 1.50 bits per heavy atom. The number of carbonyl (C=O) groups excluding carboxylic acids is 3. The molecule has 0 aromatic heterocycles. The van der Waals surface area contributed by atoms with Crippen LogP contribution in [0, 0.1) is 0 Å². The van der Waals surface area contributed by atoms with Crippen molar-refractivity contribution in [1.82, 2.24) is 0 Å². The van der Waals surface area contributed by atoms with E-state index in [1.54, 1.807) is 0 Å². The van der Waals surface area contributed by atoms with Gasteiger partial charge in [0.2, 0.25) is 0 Å². The van der Waals surface area contributed by atoms with E-state index in [1.807, 2.05) is 0 Å². The molecule has 1 heterocycles. The fourth-order valence-electron chi connectivity index (χ4n) is 2.31. The highest BCUT2D eigenvalue weighted by Crippen LogP contribution is 2.29. The van der Waals surface area contributed by atoms with Gasteiger partial charge in [0, 0.05) is 32.8 Å². The van der Waals surface area contributed by atoms with Gasteiger partial charge in [0.25, 0.3) is 0 Å². The number of hydrogen-bond acceptors (Lipinski definition) is 9. The Labute approximate surface area is 137 Å². The molecule has 11 nitrogen and oxygen atoms in total. The van der Waals surface area contributed by atoms with Gasteiger partial charge in [-0.2, -0.15) is 0 Å². The molecule has 0 unspecified atom stereocenters. The summed E-state index contributed by atoms with van der Waals surface area (Å²) in [4.78, 5) is 36.8. The third-order valence-electron chi connectivity index (χ3n) is 3.05. The highest BCUT2D eigenvalue weighted by molar-refractivity contribution is 5.68. The summed E-state index contributed by atoms with van der Waals surface area (Å²) in [5, 5.41) is 3.38. The Morgan fingerprint density at radius 1 is 1.00 bits per heavy atom. The van der Waals surface area contributed by atoms with Crippen LogP contribution in [0.25, 0.3) is 10.4 Å². The summed E-state index contributed by atoms with van der Waals surface area (Å²) < 4.78 is 26.1. The average molecular weight is 345 g/mol. The van der Waals surface area contributed by atoms with Crippen molar-refractivity contribution in [2.24, 2.45) is 5.11 Å². The number of esters is 3. The molecule has 1 saturated heterocycles. The van der Waals surface area contributed by atoms with E-state index in [1.165, 1.54) is 7.11 Å². The van der Waals surface area contributed by atoms with Gasteiger partial charge in [-0.25, -0.2) is 0 Å². The van der Waals surface area contributed by atoms with E-state index in [-0.39, 0.29) is 6.54 Å². The Morgan fingerprint density at radius 3 is 1.96 bits per heavy atom. The second kappa shape index (κ2) is 9.06. The van der Waals surface area contributed by atoms with Gasteiger partial charge < -0.3 is 23.7 Å². The minimum atomic E-state index is -1.19. The summed E-state index contributed by atoms with van der Waals surface area (Å²) in [6, 6.07) is 0. The van der Waals surface area contributed by atoms with Crippen LogP contribution in [-0.2, 0) is 38.1 Å². The lowest BCUT2D eigenvalue weighted by atomic mass is 9.98. The molecule has 1 rings (SSSR count). The molecule has 0 aromatic rings. The standard InChI is InChI=1S/C13H19N3O8/c1-6(17)21-10-9(5-15-16-14)24-13(20-4)12(23-8(3)19)11(10)22-7(2)18/h9-13H,5H2,1-4H3/t9-,10-,11+,12+,13+/m1/s1. The molecule has 0 bridgehead atoms. The molecular formula is C13H19N3O8. The molecule has 0 aliphatic carbocycles. The van der Waals surface area contributed by atoms with Crippen LogP contribution in [0.15, 0.2) is 5.11 Å². The molecule has 5 atom stereocenters. The molecule has 1 aliphatic heterocycles. The maximum absolute atomic E-state index is 11.4. The summed E-state index contributed by atoms with van der Waals surface area (Å²) in [7, 11) is 1.29. The van der Waals surface area contributed by atoms with Crippen LogP contribution < -0.4 is 0 Å². The van der Waals surface area contributed by atoms with E-state index >= 15 is 0 Å². The maximum Gasteiger partial charge on any atom is 0.303 e. The summed E-state index contributed by atoms with van der Waals surface area (Å²) in [5.41, 5.74) is 8.48. The van der Waals surface area contributed by atoms with Gasteiger partial charge in [0.1, 0.15) is 6.10 Å². The van der Waals surface area contributed by atoms with Crippen LogP contribution in [0.1, 0.15) is 20.8 Å². The van der Waals surface area contributed by atoms with Crippen LogP contribution in [0.4, 0.5) is 0 Å². The highest BCUT2D eigenvalue weighted by atomic mass is 16.7. The third kappa shape index (κ3) is 5.37. The van der Waals surface area contributed by atoms with Gasteiger partial charge in [-0.05, 0) is 5.53 Å². The summed E-state index contributed by atoms with van der Waals surface area (Å²) in [6.45, 7) is 3.25. The Bertz CT molecular complexity index is 533. The fourth-order valence-corrected chi connectivity index (χ4v) is 2.31. The average Bonchev–Trinajstić information content (AvgIpc) is 2.48. The van der Waals surface area contributed by atoms with Gasteiger partial charge in [0.05, 0.1) is 6.54 Å². The lowest BCUT2D eigenvalue weighted by Crippen LogP contribution is -2.62. The first kappa shape index (κ1) is 19.7. The predicted molar refractivity (Wildman–Crippen MR) is 76.3 cm³/mol.